The summed E-state index contributed by atoms with van der Waals surface area (Å²) in [7, 11) is -0.445. The van der Waals surface area contributed by atoms with Gasteiger partial charge in [0.15, 0.2) is 0 Å². The highest BCUT2D eigenvalue weighted by molar-refractivity contribution is 8.32. The predicted molar refractivity (Wildman–Crippen MR) is 97.7 cm³/mol. The predicted octanol–water partition coefficient (Wildman–Crippen LogP) is 4.06. The summed E-state index contributed by atoms with van der Waals surface area (Å²) < 4.78 is 7.43. The van der Waals surface area contributed by atoms with Gasteiger partial charge in [-0.25, -0.2) is 15.0 Å². The quantitative estimate of drug-likeness (QED) is 0.416. The first-order valence-corrected chi connectivity index (χ1v) is 11.0. The molecular weight excluding hydrogens is 355 g/mol. The summed E-state index contributed by atoms with van der Waals surface area (Å²) in [6.45, 7) is 0.980. The number of nitriles is 1. The molecule has 8 heteroatoms. The van der Waals surface area contributed by atoms with E-state index in [0.717, 1.165) is 12.8 Å². The lowest BCUT2D eigenvalue weighted by Gasteiger charge is -2.24. The third-order valence-electron chi connectivity index (χ3n) is 3.29. The van der Waals surface area contributed by atoms with E-state index in [1.54, 1.807) is 10.8 Å². The number of ether oxygens (including phenoxy) is 1. The Labute approximate surface area is 147 Å². The van der Waals surface area contributed by atoms with Crippen molar-refractivity contribution in [3.8, 4) is 6.07 Å². The third-order valence-corrected chi connectivity index (χ3v) is 5.25. The maximum absolute atomic E-state index is 9.21. The maximum atomic E-state index is 9.21. The van der Waals surface area contributed by atoms with Crippen molar-refractivity contribution in [2.75, 3.05) is 31.1 Å². The molecule has 0 atom stereocenters. The minimum absolute atomic E-state index is 0.0551. The van der Waals surface area contributed by atoms with Gasteiger partial charge in [-0.1, -0.05) is 11.6 Å². The average Bonchev–Trinajstić information content (AvgIpc) is 2.79. The van der Waals surface area contributed by atoms with Crippen LogP contribution in [-0.4, -0.2) is 45.7 Å². The van der Waals surface area contributed by atoms with Crippen LogP contribution in [0.4, 0.5) is 0 Å². The van der Waals surface area contributed by atoms with Crippen LogP contribution >= 0.6 is 33.2 Å². The van der Waals surface area contributed by atoms with Crippen LogP contribution < -0.4 is 0 Å². The van der Waals surface area contributed by atoms with E-state index < -0.39 is 10.0 Å². The van der Waals surface area contributed by atoms with Gasteiger partial charge in [0, 0.05) is 12.8 Å². The zero-order valence-electron chi connectivity index (χ0n) is 13.5. The van der Waals surface area contributed by atoms with Crippen molar-refractivity contribution in [3.63, 3.8) is 0 Å². The lowest BCUT2D eigenvalue weighted by molar-refractivity contribution is 0.0774. The van der Waals surface area contributed by atoms with Crippen molar-refractivity contribution in [1.29, 1.82) is 5.26 Å². The molecule has 2 heterocycles. The summed E-state index contributed by atoms with van der Waals surface area (Å²) in [6, 6.07) is 2.10. The summed E-state index contributed by atoms with van der Waals surface area (Å²) in [4.78, 5) is 8.04. The average molecular weight is 375 g/mol. The van der Waals surface area contributed by atoms with Gasteiger partial charge in [-0.05, 0) is 49.0 Å². The summed E-state index contributed by atoms with van der Waals surface area (Å²) in [5.41, 5.74) is 0.937. The van der Waals surface area contributed by atoms with Gasteiger partial charge in [0.1, 0.15) is 23.6 Å². The monoisotopic (exact) mass is 374 g/mol. The Morgan fingerprint density at radius 3 is 2.65 bits per heavy atom. The first-order valence-electron chi connectivity index (χ1n) is 7.17. The van der Waals surface area contributed by atoms with E-state index in [1.807, 2.05) is 0 Å². The highest BCUT2D eigenvalue weighted by Gasteiger charge is 2.15. The van der Waals surface area contributed by atoms with Crippen molar-refractivity contribution in [1.82, 2.24) is 14.5 Å². The molecule has 23 heavy (non-hydrogen) atoms. The molecule has 2 rings (SSSR count). The number of nitrogens with zero attached hydrogens (tertiary/aromatic N) is 4. The third kappa shape index (κ3) is 4.98. The normalized spacial score (nSPS) is 12.5. The molecule has 0 fully saturated rings. The van der Waals surface area contributed by atoms with E-state index in [1.165, 1.54) is 5.75 Å². The van der Waals surface area contributed by atoms with Crippen molar-refractivity contribution < 1.29 is 4.74 Å². The lowest BCUT2D eigenvalue weighted by atomic mass is 10.3. The number of rotatable bonds is 7. The molecule has 0 N–H and O–H groups in total. The largest absolute Gasteiger partial charge is 0.361 e. The van der Waals surface area contributed by atoms with Crippen molar-refractivity contribution >= 4 is 44.3 Å². The summed E-state index contributed by atoms with van der Waals surface area (Å²) in [6.07, 6.45) is 10.8. The fourth-order valence-electron chi connectivity index (χ4n) is 2.20. The van der Waals surface area contributed by atoms with E-state index in [0.29, 0.717) is 29.9 Å². The van der Waals surface area contributed by atoms with Gasteiger partial charge in [0.2, 0.25) is 5.28 Å². The molecule has 126 valence electrons. The molecule has 0 bridgehead atoms. The number of fused-ring (bicyclic) bond motifs is 1. The Balaban J connectivity index is 2.00. The minimum Gasteiger partial charge on any atom is -0.361 e. The second-order valence-corrected chi connectivity index (χ2v) is 11.4. The summed E-state index contributed by atoms with van der Waals surface area (Å²) in [5.74, 6) is 1.25. The second kappa shape index (κ2) is 7.71. The van der Waals surface area contributed by atoms with E-state index >= 15 is 0 Å². The van der Waals surface area contributed by atoms with Gasteiger partial charge in [0.25, 0.3) is 0 Å². The molecule has 0 amide bonds. The Hall–Kier alpha value is -1.000. The van der Waals surface area contributed by atoms with Crippen LogP contribution in [-0.2, 0) is 11.5 Å². The Bertz CT molecular complexity index is 734. The molecule has 0 saturated heterocycles. The van der Waals surface area contributed by atoms with E-state index in [-0.39, 0.29) is 10.4 Å². The minimum atomic E-state index is -0.445. The zero-order chi connectivity index (χ0) is 17.0. The molecule has 0 aliphatic carbocycles. The molecule has 0 unspecified atom stereocenters. The van der Waals surface area contributed by atoms with Crippen molar-refractivity contribution in [2.45, 2.75) is 19.6 Å². The highest BCUT2D eigenvalue weighted by Crippen LogP contribution is 2.35. The zero-order valence-corrected chi connectivity index (χ0v) is 15.8. The van der Waals surface area contributed by atoms with Crippen LogP contribution in [0.25, 0.3) is 11.0 Å². The molecule has 0 aliphatic rings. The molecule has 0 spiro atoms. The van der Waals surface area contributed by atoms with Crippen LogP contribution in [0.2, 0.25) is 10.4 Å². The Kier molecular flexibility index (Phi) is 6.15. The lowest BCUT2D eigenvalue weighted by Crippen LogP contribution is -2.05. The first-order chi connectivity index (χ1) is 10.8. The maximum Gasteiger partial charge on any atom is 0.225 e. The number of halogens is 2. The molecule has 5 nitrogen and oxygen atoms in total. The molecule has 0 aromatic carbocycles. The number of hydrogen-bond acceptors (Lipinski definition) is 4. The number of unbranched alkanes of at least 4 members (excludes halogenated alkanes) is 1. The fraction of sp³-hybridized carbons (Fsp3) is 0.533. The van der Waals surface area contributed by atoms with Gasteiger partial charge in [0.05, 0.1) is 10.9 Å². The summed E-state index contributed by atoms with van der Waals surface area (Å²) in [5, 5.41) is 9.96. The molecule has 2 aromatic heterocycles. The Morgan fingerprint density at radius 1 is 1.26 bits per heavy atom. The highest BCUT2D eigenvalue weighted by atomic mass is 35.5. The van der Waals surface area contributed by atoms with Crippen molar-refractivity contribution in [3.05, 3.63) is 22.2 Å². The molecule has 2 aromatic rings. The van der Waals surface area contributed by atoms with Crippen LogP contribution in [0.15, 0.2) is 6.20 Å². The van der Waals surface area contributed by atoms with Crippen LogP contribution in [0, 0.1) is 11.3 Å². The molecule has 0 aliphatic heterocycles. The first kappa shape index (κ1) is 18.3. The van der Waals surface area contributed by atoms with Crippen LogP contribution in [0.3, 0.4) is 0 Å². The van der Waals surface area contributed by atoms with Gasteiger partial charge in [-0.3, -0.25) is 0 Å². The van der Waals surface area contributed by atoms with Crippen LogP contribution in [0.5, 0.6) is 0 Å². The van der Waals surface area contributed by atoms with E-state index in [4.69, 9.17) is 27.9 Å². The standard InChI is InChI=1S/C15H20Cl2N4OS/c1-23(2,3)7-5-4-6-22-10-21-9-11(8-18)12-13(16)19-15(17)20-14(12)21/h9H,4-7,10H2,1-3H3. The second-order valence-electron chi connectivity index (χ2n) is 6.15. The smallest absolute Gasteiger partial charge is 0.225 e. The number of hydrogen-bond donors (Lipinski definition) is 0. The fourth-order valence-corrected chi connectivity index (χ4v) is 3.75. The van der Waals surface area contributed by atoms with Gasteiger partial charge >= 0.3 is 0 Å². The topological polar surface area (TPSA) is 63.7 Å². The van der Waals surface area contributed by atoms with Crippen molar-refractivity contribution in [2.24, 2.45) is 0 Å². The Morgan fingerprint density at radius 2 is 2.00 bits per heavy atom. The van der Waals surface area contributed by atoms with Gasteiger partial charge < -0.3 is 9.30 Å². The van der Waals surface area contributed by atoms with E-state index in [9.17, 15) is 5.26 Å². The summed E-state index contributed by atoms with van der Waals surface area (Å²) >= 11 is 11.9. The number of aromatic nitrogens is 3. The molecule has 0 radical (unpaired) electrons. The molecular formula is C15H20Cl2N4OS. The SMILES string of the molecule is CS(C)(C)CCCCOCn1cc(C#N)c2c(Cl)nc(Cl)nc21. The van der Waals surface area contributed by atoms with Crippen LogP contribution in [0.1, 0.15) is 18.4 Å². The van der Waals surface area contributed by atoms with E-state index in [2.05, 4.69) is 34.8 Å². The molecule has 0 saturated carbocycles. The van der Waals surface area contributed by atoms with Gasteiger partial charge in [-0.15, -0.1) is 0 Å². The van der Waals surface area contributed by atoms with Gasteiger partial charge in [-0.2, -0.15) is 10.2 Å².